The smallest absolute Gasteiger partial charge is 0.234 e. The van der Waals surface area contributed by atoms with E-state index in [1.165, 1.54) is 4.88 Å². The van der Waals surface area contributed by atoms with Crippen molar-refractivity contribution < 1.29 is 4.79 Å². The number of hydrogen-bond acceptors (Lipinski definition) is 4. The van der Waals surface area contributed by atoms with E-state index < -0.39 is 0 Å². The molecular weight excluding hydrogens is 258 g/mol. The third kappa shape index (κ3) is 5.28. The van der Waals surface area contributed by atoms with Gasteiger partial charge in [0, 0.05) is 17.0 Å². The fourth-order valence-electron chi connectivity index (χ4n) is 2.12. The summed E-state index contributed by atoms with van der Waals surface area (Å²) in [6, 6.07) is 0.417. The topological polar surface area (TPSA) is 54.0 Å². The number of nitrogens with zero attached hydrogens (tertiary/aromatic N) is 1. The minimum Gasteiger partial charge on any atom is -0.353 e. The van der Waals surface area contributed by atoms with E-state index in [-0.39, 0.29) is 18.0 Å². The van der Waals surface area contributed by atoms with E-state index in [9.17, 15) is 4.79 Å². The largest absolute Gasteiger partial charge is 0.353 e. The fraction of sp³-hybridized carbons (Fsp3) is 0.714. The van der Waals surface area contributed by atoms with Gasteiger partial charge >= 0.3 is 0 Å². The van der Waals surface area contributed by atoms with Gasteiger partial charge in [-0.2, -0.15) is 0 Å². The van der Waals surface area contributed by atoms with Crippen LogP contribution in [0.5, 0.6) is 0 Å². The number of carbonyl (C=O) groups excluding carboxylic acids is 1. The molecule has 0 aliphatic rings. The Bertz CT molecular complexity index is 417. The second-order valence-corrected chi connectivity index (χ2v) is 6.28. The van der Waals surface area contributed by atoms with Crippen molar-refractivity contribution in [3.05, 3.63) is 15.6 Å². The Morgan fingerprint density at radius 3 is 2.58 bits per heavy atom. The maximum atomic E-state index is 11.8. The Kier molecular flexibility index (Phi) is 6.45. The molecule has 0 spiro atoms. The molecule has 1 rings (SSSR count). The highest BCUT2D eigenvalue weighted by Gasteiger charge is 2.14. The van der Waals surface area contributed by atoms with Crippen molar-refractivity contribution >= 4 is 17.2 Å². The highest BCUT2D eigenvalue weighted by Crippen LogP contribution is 2.23. The van der Waals surface area contributed by atoms with Crippen molar-refractivity contribution in [1.82, 2.24) is 15.6 Å². The summed E-state index contributed by atoms with van der Waals surface area (Å²) in [7, 11) is 0. The van der Waals surface area contributed by atoms with Gasteiger partial charge in [0.2, 0.25) is 5.91 Å². The summed E-state index contributed by atoms with van der Waals surface area (Å²) in [5.74, 6) is 0.0618. The molecule has 0 fully saturated rings. The average molecular weight is 283 g/mol. The van der Waals surface area contributed by atoms with E-state index in [0.717, 1.165) is 23.5 Å². The zero-order valence-electron chi connectivity index (χ0n) is 12.5. The molecule has 5 heteroatoms. The van der Waals surface area contributed by atoms with E-state index in [4.69, 9.17) is 0 Å². The number of carbonyl (C=O) groups is 1. The fourth-order valence-corrected chi connectivity index (χ4v) is 3.07. The van der Waals surface area contributed by atoms with Gasteiger partial charge in [-0.25, -0.2) is 4.98 Å². The summed E-state index contributed by atoms with van der Waals surface area (Å²) in [6.45, 7) is 10.6. The molecule has 0 radical (unpaired) electrons. The zero-order valence-corrected chi connectivity index (χ0v) is 13.4. The number of aryl methyl sites for hydroxylation is 2. The minimum absolute atomic E-state index is 0.0618. The van der Waals surface area contributed by atoms with Crippen LogP contribution in [0.25, 0.3) is 0 Å². The predicted molar refractivity (Wildman–Crippen MR) is 80.5 cm³/mol. The number of thiazole rings is 1. The lowest BCUT2D eigenvalue weighted by atomic mass is 10.2. The van der Waals surface area contributed by atoms with E-state index in [2.05, 4.69) is 29.5 Å². The molecule has 0 aromatic carbocycles. The molecule has 1 heterocycles. The summed E-state index contributed by atoms with van der Waals surface area (Å²) in [5, 5.41) is 7.32. The van der Waals surface area contributed by atoms with Crippen molar-refractivity contribution in [3.63, 3.8) is 0 Å². The van der Waals surface area contributed by atoms with Gasteiger partial charge in [-0.15, -0.1) is 11.3 Å². The van der Waals surface area contributed by atoms with E-state index >= 15 is 0 Å². The SMILES string of the molecule is CCCC(C)NC(=O)CNC(C)c1sc(C)nc1C. The third-order valence-corrected chi connectivity index (χ3v) is 4.29. The summed E-state index contributed by atoms with van der Waals surface area (Å²) < 4.78 is 0. The zero-order chi connectivity index (χ0) is 14.4. The molecule has 2 N–H and O–H groups in total. The lowest BCUT2D eigenvalue weighted by Crippen LogP contribution is -2.39. The summed E-state index contributed by atoms with van der Waals surface area (Å²) >= 11 is 1.69. The van der Waals surface area contributed by atoms with E-state index in [0.29, 0.717) is 6.54 Å². The molecule has 0 saturated heterocycles. The number of amides is 1. The van der Waals surface area contributed by atoms with Gasteiger partial charge < -0.3 is 10.6 Å². The lowest BCUT2D eigenvalue weighted by molar-refractivity contribution is -0.121. The third-order valence-electron chi connectivity index (χ3n) is 3.03. The summed E-state index contributed by atoms with van der Waals surface area (Å²) in [5.41, 5.74) is 1.06. The monoisotopic (exact) mass is 283 g/mol. The molecule has 2 unspecified atom stereocenters. The first kappa shape index (κ1) is 16.1. The van der Waals surface area contributed by atoms with Gasteiger partial charge in [0.25, 0.3) is 0 Å². The first-order chi connectivity index (χ1) is 8.93. The van der Waals surface area contributed by atoms with Gasteiger partial charge in [-0.05, 0) is 34.1 Å². The van der Waals surface area contributed by atoms with Crippen LogP contribution in [0, 0.1) is 13.8 Å². The summed E-state index contributed by atoms with van der Waals surface area (Å²) in [6.07, 6.45) is 2.11. The Morgan fingerprint density at radius 1 is 1.37 bits per heavy atom. The van der Waals surface area contributed by atoms with Gasteiger partial charge in [0.1, 0.15) is 0 Å². The molecule has 2 atom stereocenters. The van der Waals surface area contributed by atoms with Crippen molar-refractivity contribution in [2.75, 3.05) is 6.54 Å². The molecule has 0 aliphatic carbocycles. The highest BCUT2D eigenvalue weighted by atomic mass is 32.1. The van der Waals surface area contributed by atoms with Crippen LogP contribution in [0.4, 0.5) is 0 Å². The van der Waals surface area contributed by atoms with Crippen LogP contribution in [0.1, 0.15) is 55.2 Å². The van der Waals surface area contributed by atoms with Crippen molar-refractivity contribution in [3.8, 4) is 0 Å². The maximum Gasteiger partial charge on any atom is 0.234 e. The van der Waals surface area contributed by atoms with Crippen LogP contribution < -0.4 is 10.6 Å². The highest BCUT2D eigenvalue weighted by molar-refractivity contribution is 7.11. The molecule has 0 saturated carbocycles. The number of aromatic nitrogens is 1. The van der Waals surface area contributed by atoms with Crippen LogP contribution in [0.2, 0.25) is 0 Å². The van der Waals surface area contributed by atoms with Crippen LogP contribution >= 0.6 is 11.3 Å². The van der Waals surface area contributed by atoms with Crippen LogP contribution in [-0.4, -0.2) is 23.5 Å². The second kappa shape index (κ2) is 7.60. The Morgan fingerprint density at radius 2 is 2.05 bits per heavy atom. The van der Waals surface area contributed by atoms with Crippen molar-refractivity contribution in [2.45, 2.75) is 59.5 Å². The molecule has 1 amide bonds. The van der Waals surface area contributed by atoms with Crippen LogP contribution in [0.3, 0.4) is 0 Å². The Hall–Kier alpha value is -0.940. The molecule has 0 bridgehead atoms. The van der Waals surface area contributed by atoms with Crippen molar-refractivity contribution in [1.29, 1.82) is 0 Å². The normalized spacial score (nSPS) is 14.2. The van der Waals surface area contributed by atoms with Gasteiger partial charge in [0.15, 0.2) is 0 Å². The number of rotatable bonds is 7. The molecular formula is C14H25N3OS. The van der Waals surface area contributed by atoms with Crippen LogP contribution in [-0.2, 0) is 4.79 Å². The van der Waals surface area contributed by atoms with E-state index in [1.807, 2.05) is 20.8 Å². The minimum atomic E-state index is 0.0618. The molecule has 1 aromatic rings. The average Bonchev–Trinajstić information content (AvgIpc) is 2.65. The first-order valence-electron chi connectivity index (χ1n) is 6.90. The standard InChI is InChI=1S/C14H25N3OS/c1-6-7-9(2)16-13(18)8-15-10(3)14-11(4)17-12(5)19-14/h9-10,15H,6-8H2,1-5H3,(H,16,18). The quantitative estimate of drug-likeness (QED) is 0.809. The number of nitrogens with one attached hydrogen (secondary N) is 2. The Labute approximate surface area is 120 Å². The molecule has 1 aromatic heterocycles. The van der Waals surface area contributed by atoms with E-state index in [1.54, 1.807) is 11.3 Å². The predicted octanol–water partition coefficient (Wildman–Crippen LogP) is 2.72. The molecule has 0 aliphatic heterocycles. The maximum absolute atomic E-state index is 11.8. The van der Waals surface area contributed by atoms with Crippen molar-refractivity contribution in [2.24, 2.45) is 0 Å². The summed E-state index contributed by atoms with van der Waals surface area (Å²) in [4.78, 5) is 17.4. The first-order valence-corrected chi connectivity index (χ1v) is 7.72. The second-order valence-electron chi connectivity index (χ2n) is 5.04. The Balaban J connectivity index is 2.40. The number of hydrogen-bond donors (Lipinski definition) is 2. The van der Waals surface area contributed by atoms with Gasteiger partial charge in [-0.3, -0.25) is 4.79 Å². The van der Waals surface area contributed by atoms with Gasteiger partial charge in [0.05, 0.1) is 17.2 Å². The van der Waals surface area contributed by atoms with Gasteiger partial charge in [-0.1, -0.05) is 13.3 Å². The molecule has 4 nitrogen and oxygen atoms in total. The van der Waals surface area contributed by atoms with Crippen LogP contribution in [0.15, 0.2) is 0 Å². The lowest BCUT2D eigenvalue weighted by Gasteiger charge is -2.16. The molecule has 19 heavy (non-hydrogen) atoms. The molecule has 108 valence electrons.